The minimum absolute atomic E-state index is 0.0106. The normalized spacial score (nSPS) is 15.3. The number of Topliss-reactive ketones (excluding diaryl/α,β-unsaturated/α-hetero) is 1. The minimum Gasteiger partial charge on any atom is -0.410 e. The van der Waals surface area contributed by atoms with Crippen molar-refractivity contribution < 1.29 is 19.2 Å². The first-order valence-corrected chi connectivity index (χ1v) is 14.8. The number of aromatic nitrogens is 4. The van der Waals surface area contributed by atoms with Crippen LogP contribution in [0.1, 0.15) is 54.6 Å². The number of nitro groups is 1. The van der Waals surface area contributed by atoms with Crippen LogP contribution in [0.25, 0.3) is 11.0 Å². The Morgan fingerprint density at radius 1 is 1.00 bits per heavy atom. The topological polar surface area (TPSA) is 166 Å². The lowest BCUT2D eigenvalue weighted by Crippen LogP contribution is -2.49. The summed E-state index contributed by atoms with van der Waals surface area (Å²) in [6.45, 7) is 5.18. The number of nitrogens with zero attached hydrogens (tertiary/aromatic N) is 7. The third-order valence-electron chi connectivity index (χ3n) is 8.39. The molecule has 4 heterocycles. The van der Waals surface area contributed by atoms with Crippen LogP contribution in [0, 0.1) is 17.0 Å². The zero-order chi connectivity index (χ0) is 31.7. The summed E-state index contributed by atoms with van der Waals surface area (Å²) >= 11 is 0. The second-order valence-corrected chi connectivity index (χ2v) is 11.2. The Bertz CT molecular complexity index is 1830. The standard InChI is InChI=1S/C31H32N8O6/c1-19-25-18-33-30(35-28(25)38(21-5-3-4-6-21)29(41)27(19)20(2)40)34-26-12-9-23(17-32-26)36-13-15-37(16-14-36)31(42)45-24-10-7-22(8-11-24)39(43)44/h7-12,17-18,21H,3-6,13-16H2,1-2H3,(H,32,33,34,35). The van der Waals surface area contributed by atoms with Gasteiger partial charge in [0.05, 0.1) is 22.4 Å². The van der Waals surface area contributed by atoms with Gasteiger partial charge in [-0.15, -0.1) is 0 Å². The predicted molar refractivity (Wildman–Crippen MR) is 166 cm³/mol. The van der Waals surface area contributed by atoms with E-state index in [1.165, 1.54) is 31.2 Å². The van der Waals surface area contributed by atoms with Crippen molar-refractivity contribution in [1.29, 1.82) is 0 Å². The average Bonchev–Trinajstić information content (AvgIpc) is 3.56. The molecule has 2 fully saturated rings. The summed E-state index contributed by atoms with van der Waals surface area (Å²) in [6, 6.07) is 9.10. The van der Waals surface area contributed by atoms with E-state index in [-0.39, 0.29) is 34.4 Å². The molecule has 0 spiro atoms. The Hall–Kier alpha value is -5.40. The molecule has 1 aliphatic carbocycles. The molecule has 14 heteroatoms. The number of carbonyl (C=O) groups excluding carboxylic acids is 2. The SMILES string of the molecule is CC(=O)c1c(C)c2cnc(Nc3ccc(N4CCN(C(=O)Oc5ccc([N+](=O)[O-])cc5)CC4)cn3)nc2n(C2CCCC2)c1=O. The van der Waals surface area contributed by atoms with E-state index >= 15 is 0 Å². The molecular weight excluding hydrogens is 580 g/mol. The van der Waals surface area contributed by atoms with Crippen LogP contribution in [0.15, 0.2) is 53.6 Å². The van der Waals surface area contributed by atoms with Crippen molar-refractivity contribution in [2.75, 3.05) is 36.4 Å². The number of carbonyl (C=O) groups is 2. The largest absolute Gasteiger partial charge is 0.415 e. The van der Waals surface area contributed by atoms with E-state index in [9.17, 15) is 24.5 Å². The van der Waals surface area contributed by atoms with Gasteiger partial charge in [-0.2, -0.15) is 4.98 Å². The molecule has 1 saturated carbocycles. The van der Waals surface area contributed by atoms with Gasteiger partial charge >= 0.3 is 6.09 Å². The smallest absolute Gasteiger partial charge is 0.410 e. The fraction of sp³-hybridized carbons (Fsp3) is 0.355. The van der Waals surface area contributed by atoms with Gasteiger partial charge in [0.1, 0.15) is 17.2 Å². The molecule has 6 rings (SSSR count). The average molecular weight is 613 g/mol. The fourth-order valence-corrected chi connectivity index (χ4v) is 6.02. The molecule has 1 aliphatic heterocycles. The molecule has 232 valence electrons. The first kappa shape index (κ1) is 29.7. The van der Waals surface area contributed by atoms with Gasteiger partial charge in [-0.3, -0.25) is 24.3 Å². The Kier molecular flexibility index (Phi) is 8.11. The number of nitro benzene ring substituents is 1. The van der Waals surface area contributed by atoms with Gasteiger partial charge in [0.25, 0.3) is 11.2 Å². The van der Waals surface area contributed by atoms with E-state index in [0.29, 0.717) is 54.5 Å². The van der Waals surface area contributed by atoms with Gasteiger partial charge in [-0.05, 0) is 56.5 Å². The van der Waals surface area contributed by atoms with Crippen LogP contribution in [-0.2, 0) is 0 Å². The highest BCUT2D eigenvalue weighted by molar-refractivity contribution is 5.99. The molecule has 1 aromatic carbocycles. The summed E-state index contributed by atoms with van der Waals surface area (Å²) in [7, 11) is 0. The number of benzene rings is 1. The van der Waals surface area contributed by atoms with Crippen LogP contribution >= 0.6 is 0 Å². The molecule has 4 aromatic rings. The lowest BCUT2D eigenvalue weighted by atomic mass is 10.0. The zero-order valence-electron chi connectivity index (χ0n) is 24.9. The fourth-order valence-electron chi connectivity index (χ4n) is 6.02. The number of ether oxygens (including phenoxy) is 1. The van der Waals surface area contributed by atoms with Crippen LogP contribution in [0.4, 0.5) is 27.9 Å². The van der Waals surface area contributed by atoms with Crippen molar-refractivity contribution in [2.45, 2.75) is 45.6 Å². The highest BCUT2D eigenvalue weighted by atomic mass is 16.6. The van der Waals surface area contributed by atoms with Gasteiger partial charge < -0.3 is 19.9 Å². The maximum Gasteiger partial charge on any atom is 0.415 e. The number of hydrogen-bond donors (Lipinski definition) is 1. The third-order valence-corrected chi connectivity index (χ3v) is 8.39. The van der Waals surface area contributed by atoms with E-state index in [4.69, 9.17) is 9.72 Å². The molecule has 1 saturated heterocycles. The number of ketones is 1. The summed E-state index contributed by atoms with van der Waals surface area (Å²) in [5, 5.41) is 14.6. The Morgan fingerprint density at radius 3 is 2.33 bits per heavy atom. The van der Waals surface area contributed by atoms with E-state index in [0.717, 1.165) is 31.4 Å². The molecule has 2 aliphatic rings. The van der Waals surface area contributed by atoms with Gasteiger partial charge in [0, 0.05) is 55.9 Å². The number of nitrogens with one attached hydrogen (secondary N) is 1. The summed E-state index contributed by atoms with van der Waals surface area (Å²) in [6.07, 6.45) is 6.64. The quantitative estimate of drug-likeness (QED) is 0.173. The number of hydrogen-bond acceptors (Lipinski definition) is 11. The van der Waals surface area contributed by atoms with Crippen LogP contribution in [0.2, 0.25) is 0 Å². The molecule has 0 radical (unpaired) electrons. The maximum atomic E-state index is 13.5. The lowest BCUT2D eigenvalue weighted by Gasteiger charge is -2.35. The molecule has 14 nitrogen and oxygen atoms in total. The second-order valence-electron chi connectivity index (χ2n) is 11.2. The first-order chi connectivity index (χ1) is 21.7. The van der Waals surface area contributed by atoms with Gasteiger partial charge in [-0.25, -0.2) is 14.8 Å². The van der Waals surface area contributed by atoms with E-state index in [2.05, 4.69) is 20.2 Å². The maximum absolute atomic E-state index is 13.5. The molecule has 3 aromatic heterocycles. The van der Waals surface area contributed by atoms with E-state index in [1.807, 2.05) is 12.1 Å². The summed E-state index contributed by atoms with van der Waals surface area (Å²) < 4.78 is 7.05. The van der Waals surface area contributed by atoms with Crippen molar-refractivity contribution in [1.82, 2.24) is 24.4 Å². The molecule has 0 bridgehead atoms. The number of amides is 1. The van der Waals surface area contributed by atoms with Crippen LogP contribution in [-0.4, -0.2) is 67.4 Å². The highest BCUT2D eigenvalue weighted by Crippen LogP contribution is 2.32. The van der Waals surface area contributed by atoms with Crippen molar-refractivity contribution in [2.24, 2.45) is 0 Å². The first-order valence-electron chi connectivity index (χ1n) is 14.8. The molecule has 1 N–H and O–H groups in total. The van der Waals surface area contributed by atoms with Gasteiger partial charge in [-0.1, -0.05) is 12.8 Å². The van der Waals surface area contributed by atoms with Crippen molar-refractivity contribution >= 4 is 46.1 Å². The summed E-state index contributed by atoms with van der Waals surface area (Å²) in [5.74, 6) is 0.800. The monoisotopic (exact) mass is 612 g/mol. The number of anilines is 3. The Labute approximate surface area is 257 Å². The molecular formula is C31H32N8O6. The second kappa shape index (κ2) is 12.3. The van der Waals surface area contributed by atoms with Crippen molar-refractivity contribution in [3.8, 4) is 5.75 Å². The van der Waals surface area contributed by atoms with Gasteiger partial charge in [0.15, 0.2) is 5.78 Å². The summed E-state index contributed by atoms with van der Waals surface area (Å²) in [5.41, 5.74) is 1.79. The highest BCUT2D eigenvalue weighted by Gasteiger charge is 2.26. The Balaban J connectivity index is 1.12. The number of rotatable bonds is 7. The number of non-ortho nitro benzene ring substituents is 1. The lowest BCUT2D eigenvalue weighted by molar-refractivity contribution is -0.384. The number of aryl methyl sites for hydroxylation is 1. The molecule has 45 heavy (non-hydrogen) atoms. The Morgan fingerprint density at radius 2 is 1.71 bits per heavy atom. The third kappa shape index (κ3) is 6.03. The predicted octanol–water partition coefficient (Wildman–Crippen LogP) is 4.79. The van der Waals surface area contributed by atoms with Gasteiger partial charge in [0.2, 0.25) is 5.95 Å². The molecule has 0 atom stereocenters. The van der Waals surface area contributed by atoms with E-state index in [1.54, 1.807) is 28.8 Å². The van der Waals surface area contributed by atoms with E-state index < -0.39 is 11.0 Å². The van der Waals surface area contributed by atoms with Crippen LogP contribution in [0.5, 0.6) is 5.75 Å². The zero-order valence-corrected chi connectivity index (χ0v) is 24.9. The number of fused-ring (bicyclic) bond motifs is 1. The van der Waals surface area contributed by atoms with Crippen molar-refractivity contribution in [3.63, 3.8) is 0 Å². The molecule has 0 unspecified atom stereocenters. The summed E-state index contributed by atoms with van der Waals surface area (Å²) in [4.78, 5) is 66.1. The van der Waals surface area contributed by atoms with Crippen LogP contribution < -0.4 is 20.5 Å². The van der Waals surface area contributed by atoms with Crippen molar-refractivity contribution in [3.05, 3.63) is 80.4 Å². The minimum atomic E-state index is -0.511. The van der Waals surface area contributed by atoms with Crippen LogP contribution in [0.3, 0.4) is 0 Å². The number of pyridine rings is 2. The molecule has 1 amide bonds. The number of piperazine rings is 1.